The molecule has 2 aromatic carbocycles. The number of fused-ring (bicyclic) bond motifs is 1. The Morgan fingerprint density at radius 3 is 2.34 bits per heavy atom. The topological polar surface area (TPSA) is 95.3 Å². The molecular formula is C22H20N4O3. The largest absolute Gasteiger partial charge is 0.497 e. The molecule has 3 aromatic rings. The number of rotatable bonds is 4. The highest BCUT2D eigenvalue weighted by atomic mass is 16.5. The second-order valence-corrected chi connectivity index (χ2v) is 6.62. The molecule has 0 bridgehead atoms. The quantitative estimate of drug-likeness (QED) is 0.736. The first-order valence-electron chi connectivity index (χ1n) is 9.02. The lowest BCUT2D eigenvalue weighted by molar-refractivity contribution is 0.366. The van der Waals surface area contributed by atoms with Gasteiger partial charge in [0.05, 0.1) is 37.1 Å². The van der Waals surface area contributed by atoms with Crippen LogP contribution in [0.15, 0.2) is 60.0 Å². The summed E-state index contributed by atoms with van der Waals surface area (Å²) in [7, 11) is 3.17. The molecule has 0 unspecified atom stereocenters. The molecule has 0 fully saturated rings. The molecule has 0 saturated carbocycles. The number of hydrogen-bond acceptors (Lipinski definition) is 6. The number of nitriles is 1. The van der Waals surface area contributed by atoms with Crippen molar-refractivity contribution in [2.75, 3.05) is 14.2 Å². The third-order valence-corrected chi connectivity index (χ3v) is 4.94. The van der Waals surface area contributed by atoms with Crippen LogP contribution in [0, 0.1) is 18.3 Å². The van der Waals surface area contributed by atoms with E-state index in [-0.39, 0.29) is 5.88 Å². The molecule has 1 atom stereocenters. The number of allylic oxidation sites excluding steroid dienone is 1. The maximum atomic E-state index is 9.83. The molecule has 0 spiro atoms. The van der Waals surface area contributed by atoms with Crippen LogP contribution in [0.2, 0.25) is 0 Å². The lowest BCUT2D eigenvalue weighted by Crippen LogP contribution is -2.22. The first-order chi connectivity index (χ1) is 14.1. The van der Waals surface area contributed by atoms with Gasteiger partial charge in [-0.3, -0.25) is 0 Å². The fourth-order valence-corrected chi connectivity index (χ4v) is 3.59. The molecular weight excluding hydrogens is 368 g/mol. The minimum Gasteiger partial charge on any atom is -0.497 e. The lowest BCUT2D eigenvalue weighted by Gasteiger charge is -2.25. The van der Waals surface area contributed by atoms with Gasteiger partial charge in [-0.05, 0) is 36.8 Å². The Bertz CT molecular complexity index is 1120. The molecule has 0 amide bonds. The van der Waals surface area contributed by atoms with Crippen LogP contribution < -0.4 is 19.9 Å². The van der Waals surface area contributed by atoms with Crippen LogP contribution in [0.1, 0.15) is 22.7 Å². The Morgan fingerprint density at radius 1 is 1.10 bits per heavy atom. The second-order valence-electron chi connectivity index (χ2n) is 6.62. The zero-order chi connectivity index (χ0) is 20.5. The minimum atomic E-state index is -0.454. The Balaban J connectivity index is 1.97. The van der Waals surface area contributed by atoms with Gasteiger partial charge in [0.1, 0.15) is 23.1 Å². The summed E-state index contributed by atoms with van der Waals surface area (Å²) in [6, 6.07) is 17.4. The summed E-state index contributed by atoms with van der Waals surface area (Å²) in [5, 5.41) is 14.5. The molecule has 1 aliphatic heterocycles. The SMILES string of the molecule is COc1cc(OC)cc([C@H]2C(C#N)=C(N)Oc3c2c(C)nn3-c2ccccc2)c1. The average molecular weight is 388 g/mol. The van der Waals surface area contributed by atoms with E-state index in [9.17, 15) is 5.26 Å². The number of aryl methyl sites for hydroxylation is 1. The van der Waals surface area contributed by atoms with Gasteiger partial charge >= 0.3 is 0 Å². The molecule has 146 valence electrons. The second kappa shape index (κ2) is 7.24. The number of benzene rings is 2. The number of methoxy groups -OCH3 is 2. The number of nitrogens with zero attached hydrogens (tertiary/aromatic N) is 3. The van der Waals surface area contributed by atoms with E-state index in [0.717, 1.165) is 22.5 Å². The van der Waals surface area contributed by atoms with Crippen LogP contribution in [0.5, 0.6) is 17.4 Å². The smallest absolute Gasteiger partial charge is 0.229 e. The van der Waals surface area contributed by atoms with E-state index in [0.29, 0.717) is 23.0 Å². The Hall–Kier alpha value is -3.92. The highest BCUT2D eigenvalue weighted by Crippen LogP contribution is 2.45. The molecule has 4 rings (SSSR count). The highest BCUT2D eigenvalue weighted by Gasteiger charge is 2.36. The van der Waals surface area contributed by atoms with Crippen molar-refractivity contribution in [1.82, 2.24) is 9.78 Å². The van der Waals surface area contributed by atoms with E-state index in [1.165, 1.54) is 0 Å². The standard InChI is InChI=1S/C22H20N4O3/c1-13-19-20(14-9-16(27-2)11-17(10-14)28-3)18(12-23)21(24)29-22(19)26(25-13)15-7-5-4-6-8-15/h4-11,20H,24H2,1-3H3/t20-/m0/s1. The number of nitrogens with two attached hydrogens (primary N) is 1. The minimum absolute atomic E-state index is 0.0591. The molecule has 7 heteroatoms. The summed E-state index contributed by atoms with van der Waals surface area (Å²) >= 11 is 0. The summed E-state index contributed by atoms with van der Waals surface area (Å²) in [6.07, 6.45) is 0. The van der Waals surface area contributed by atoms with Gasteiger partial charge in [-0.1, -0.05) is 18.2 Å². The van der Waals surface area contributed by atoms with Crippen molar-refractivity contribution in [1.29, 1.82) is 5.26 Å². The third kappa shape index (κ3) is 3.05. The molecule has 1 aromatic heterocycles. The Kier molecular flexibility index (Phi) is 4.61. The molecule has 7 nitrogen and oxygen atoms in total. The number of hydrogen-bond donors (Lipinski definition) is 1. The van der Waals surface area contributed by atoms with Gasteiger partial charge in [-0.25, -0.2) is 4.68 Å². The molecule has 2 heterocycles. The number of aromatic nitrogens is 2. The highest BCUT2D eigenvalue weighted by molar-refractivity contribution is 5.58. The van der Waals surface area contributed by atoms with Crippen LogP contribution in [-0.4, -0.2) is 24.0 Å². The fourth-order valence-electron chi connectivity index (χ4n) is 3.59. The zero-order valence-corrected chi connectivity index (χ0v) is 16.3. The normalized spacial score (nSPS) is 15.3. The van der Waals surface area contributed by atoms with Crippen molar-refractivity contribution in [3.63, 3.8) is 0 Å². The van der Waals surface area contributed by atoms with Gasteiger partial charge < -0.3 is 19.9 Å². The molecule has 29 heavy (non-hydrogen) atoms. The van der Waals surface area contributed by atoms with Crippen LogP contribution in [0.25, 0.3) is 5.69 Å². The predicted octanol–water partition coefficient (Wildman–Crippen LogP) is 3.42. The van der Waals surface area contributed by atoms with E-state index < -0.39 is 5.92 Å². The van der Waals surface area contributed by atoms with Gasteiger partial charge in [-0.15, -0.1) is 0 Å². The van der Waals surface area contributed by atoms with Crippen molar-refractivity contribution in [2.45, 2.75) is 12.8 Å². The lowest BCUT2D eigenvalue weighted by atomic mass is 9.84. The summed E-state index contributed by atoms with van der Waals surface area (Å²) in [5.41, 5.74) is 9.66. The van der Waals surface area contributed by atoms with Gasteiger partial charge in [0.15, 0.2) is 0 Å². The van der Waals surface area contributed by atoms with E-state index in [2.05, 4.69) is 11.2 Å². The van der Waals surface area contributed by atoms with Crippen molar-refractivity contribution in [2.24, 2.45) is 5.73 Å². The van der Waals surface area contributed by atoms with E-state index in [1.807, 2.05) is 49.4 Å². The zero-order valence-electron chi connectivity index (χ0n) is 16.3. The molecule has 1 aliphatic rings. The van der Waals surface area contributed by atoms with Crippen LogP contribution in [0.3, 0.4) is 0 Å². The molecule has 0 aliphatic carbocycles. The van der Waals surface area contributed by atoms with Crippen molar-refractivity contribution in [3.8, 4) is 29.1 Å². The van der Waals surface area contributed by atoms with E-state index in [4.69, 9.17) is 19.9 Å². The number of ether oxygens (including phenoxy) is 3. The maximum Gasteiger partial charge on any atom is 0.229 e. The van der Waals surface area contributed by atoms with E-state index in [1.54, 1.807) is 25.0 Å². The fraction of sp³-hybridized carbons (Fsp3) is 0.182. The predicted molar refractivity (Wildman–Crippen MR) is 107 cm³/mol. The molecule has 2 N–H and O–H groups in total. The summed E-state index contributed by atoms with van der Waals surface area (Å²) < 4.78 is 18.4. The number of para-hydroxylation sites is 1. The first kappa shape index (κ1) is 18.4. The van der Waals surface area contributed by atoms with Crippen molar-refractivity contribution >= 4 is 0 Å². The van der Waals surface area contributed by atoms with E-state index >= 15 is 0 Å². The van der Waals surface area contributed by atoms with Gasteiger partial charge in [-0.2, -0.15) is 10.4 Å². The van der Waals surface area contributed by atoms with Crippen molar-refractivity contribution < 1.29 is 14.2 Å². The molecule has 0 radical (unpaired) electrons. The first-order valence-corrected chi connectivity index (χ1v) is 9.02. The van der Waals surface area contributed by atoms with Crippen LogP contribution >= 0.6 is 0 Å². The van der Waals surface area contributed by atoms with Crippen LogP contribution in [0.4, 0.5) is 0 Å². The van der Waals surface area contributed by atoms with Gasteiger partial charge in [0.25, 0.3) is 0 Å². The average Bonchev–Trinajstić information content (AvgIpc) is 3.08. The van der Waals surface area contributed by atoms with Crippen molar-refractivity contribution in [3.05, 3.63) is 76.8 Å². The van der Waals surface area contributed by atoms with Gasteiger partial charge in [0, 0.05) is 6.07 Å². The Morgan fingerprint density at radius 2 is 1.76 bits per heavy atom. The van der Waals surface area contributed by atoms with Gasteiger partial charge in [0.2, 0.25) is 11.8 Å². The monoisotopic (exact) mass is 388 g/mol. The summed E-state index contributed by atoms with van der Waals surface area (Å²) in [5.74, 6) is 1.35. The third-order valence-electron chi connectivity index (χ3n) is 4.94. The molecule has 0 saturated heterocycles. The summed E-state index contributed by atoms with van der Waals surface area (Å²) in [4.78, 5) is 0. The maximum absolute atomic E-state index is 9.83. The Labute approximate surface area is 168 Å². The van der Waals surface area contributed by atoms with Crippen LogP contribution in [-0.2, 0) is 0 Å². The summed E-state index contributed by atoms with van der Waals surface area (Å²) in [6.45, 7) is 1.89.